The molecule has 5 nitrogen and oxygen atoms in total. The van der Waals surface area contributed by atoms with Crippen LogP contribution in [-0.4, -0.2) is 47.7 Å². The third kappa shape index (κ3) is 4.79. The number of ether oxygens (including phenoxy) is 1. The van der Waals surface area contributed by atoms with Gasteiger partial charge in [0.1, 0.15) is 6.61 Å². The second-order valence-electron chi connectivity index (χ2n) is 6.24. The molecule has 0 aromatic carbocycles. The van der Waals surface area contributed by atoms with Gasteiger partial charge in [0, 0.05) is 25.7 Å². The summed E-state index contributed by atoms with van der Waals surface area (Å²) in [7, 11) is 3.45. The highest BCUT2D eigenvalue weighted by Gasteiger charge is 2.22. The Bertz CT molecular complexity index is 645. The van der Waals surface area contributed by atoms with Crippen LogP contribution in [0.25, 0.3) is 5.52 Å². The first-order chi connectivity index (χ1) is 10.8. The van der Waals surface area contributed by atoms with Gasteiger partial charge >= 0.3 is 0 Å². The van der Waals surface area contributed by atoms with Crippen LogP contribution in [0.2, 0.25) is 0 Å². The minimum absolute atomic E-state index is 0.0241. The molecule has 2 aromatic rings. The fourth-order valence-corrected chi connectivity index (χ4v) is 2.12. The van der Waals surface area contributed by atoms with Crippen LogP contribution in [0, 0.1) is 6.92 Å². The summed E-state index contributed by atoms with van der Waals surface area (Å²) in [6.45, 7) is 10.8. The zero-order valence-corrected chi connectivity index (χ0v) is 15.4. The Kier molecular flexibility index (Phi) is 6.76. The molecule has 0 aliphatic heterocycles. The predicted molar refractivity (Wildman–Crippen MR) is 93.8 cm³/mol. The maximum absolute atomic E-state index is 11.5. The summed E-state index contributed by atoms with van der Waals surface area (Å²) in [5, 5.41) is 4.34. The van der Waals surface area contributed by atoms with E-state index in [2.05, 4.69) is 31.1 Å². The van der Waals surface area contributed by atoms with E-state index in [1.165, 1.54) is 4.90 Å². The number of rotatable bonds is 5. The summed E-state index contributed by atoms with van der Waals surface area (Å²) in [6.07, 6.45) is 3.89. The van der Waals surface area contributed by atoms with Gasteiger partial charge in [-0.2, -0.15) is 5.10 Å². The van der Waals surface area contributed by atoms with Crippen LogP contribution in [0.15, 0.2) is 24.5 Å². The molecule has 0 fully saturated rings. The molecule has 0 atom stereocenters. The first-order valence-corrected chi connectivity index (χ1v) is 8.03. The number of aryl methyl sites for hydroxylation is 1. The topological polar surface area (TPSA) is 46.8 Å². The van der Waals surface area contributed by atoms with Crippen LogP contribution in [0.1, 0.15) is 38.8 Å². The largest absolute Gasteiger partial charge is 0.371 e. The van der Waals surface area contributed by atoms with E-state index < -0.39 is 0 Å². The van der Waals surface area contributed by atoms with Crippen LogP contribution in [0.5, 0.6) is 0 Å². The third-order valence-electron chi connectivity index (χ3n) is 3.68. The molecule has 5 heteroatoms. The molecule has 0 aliphatic rings. The number of carbonyl (C=O) groups excluding carboxylic acids is 1. The average Bonchev–Trinajstić information content (AvgIpc) is 2.90. The van der Waals surface area contributed by atoms with Gasteiger partial charge in [-0.05, 0) is 24.1 Å². The van der Waals surface area contributed by atoms with Crippen molar-refractivity contribution in [2.24, 2.45) is 0 Å². The number of hydrogen-bond donors (Lipinski definition) is 0. The number of hydrogen-bond acceptors (Lipinski definition) is 3. The Hall–Kier alpha value is -1.88. The second kappa shape index (κ2) is 8.11. The maximum atomic E-state index is 11.5. The number of carbonyl (C=O) groups is 1. The number of amides is 1. The molecule has 0 saturated carbocycles. The highest BCUT2D eigenvalue weighted by Crippen LogP contribution is 2.24. The van der Waals surface area contributed by atoms with Gasteiger partial charge in [0.25, 0.3) is 0 Å². The molecule has 23 heavy (non-hydrogen) atoms. The lowest BCUT2D eigenvalue weighted by atomic mass is 9.86. The van der Waals surface area contributed by atoms with Gasteiger partial charge in [0.05, 0.1) is 18.3 Å². The molecule has 0 spiro atoms. The molecule has 0 unspecified atom stereocenters. The predicted octanol–water partition coefficient (Wildman–Crippen LogP) is 3.05. The van der Waals surface area contributed by atoms with Gasteiger partial charge in [-0.15, -0.1) is 0 Å². The minimum Gasteiger partial charge on any atom is -0.371 e. The van der Waals surface area contributed by atoms with Crippen molar-refractivity contribution in [2.45, 2.75) is 40.0 Å². The summed E-state index contributed by atoms with van der Waals surface area (Å²) in [5.74, 6) is -0.0241. The molecule has 2 aromatic heterocycles. The lowest BCUT2D eigenvalue weighted by Crippen LogP contribution is -2.30. The van der Waals surface area contributed by atoms with E-state index in [9.17, 15) is 4.79 Å². The van der Waals surface area contributed by atoms with Gasteiger partial charge in [-0.1, -0.05) is 33.8 Å². The standard InChI is InChI=1S/C16H23N3O2.C2H6/c1-12-8-17-19-9-13(6-7-14(12)19)16(2,3)11-21-10-15(20)18(4)5;1-2/h6-9H,10-11H2,1-5H3;1-2H3. The molecule has 128 valence electrons. The number of nitrogens with zero attached hydrogens (tertiary/aromatic N) is 3. The van der Waals surface area contributed by atoms with Crippen molar-refractivity contribution in [3.05, 3.63) is 35.7 Å². The SMILES string of the molecule is CC.Cc1cnn2cc(C(C)(C)COCC(=O)N(C)C)ccc12. The summed E-state index contributed by atoms with van der Waals surface area (Å²) in [4.78, 5) is 13.1. The summed E-state index contributed by atoms with van der Waals surface area (Å²) >= 11 is 0. The molecule has 2 heterocycles. The van der Waals surface area contributed by atoms with E-state index in [0.717, 1.165) is 16.6 Å². The minimum atomic E-state index is -0.180. The Balaban J connectivity index is 0.00000127. The van der Waals surface area contributed by atoms with Gasteiger partial charge in [0.2, 0.25) is 5.91 Å². The van der Waals surface area contributed by atoms with Crippen molar-refractivity contribution >= 4 is 11.4 Å². The monoisotopic (exact) mass is 319 g/mol. The zero-order chi connectivity index (χ0) is 17.6. The summed E-state index contributed by atoms with van der Waals surface area (Å²) in [5.41, 5.74) is 3.22. The normalized spacial score (nSPS) is 11.1. The first kappa shape index (κ1) is 19.2. The molecule has 1 amide bonds. The fourth-order valence-electron chi connectivity index (χ4n) is 2.12. The summed E-state index contributed by atoms with van der Waals surface area (Å²) < 4.78 is 7.46. The summed E-state index contributed by atoms with van der Waals surface area (Å²) in [6, 6.07) is 4.17. The highest BCUT2D eigenvalue weighted by molar-refractivity contribution is 5.76. The zero-order valence-electron chi connectivity index (χ0n) is 15.4. The molecule has 0 bridgehead atoms. The molecule has 0 radical (unpaired) electrons. The molecular weight excluding hydrogens is 290 g/mol. The van der Waals surface area contributed by atoms with Crippen LogP contribution < -0.4 is 0 Å². The van der Waals surface area contributed by atoms with Crippen molar-refractivity contribution in [1.82, 2.24) is 14.5 Å². The lowest BCUT2D eigenvalue weighted by molar-refractivity contribution is -0.134. The van der Waals surface area contributed by atoms with E-state index >= 15 is 0 Å². The van der Waals surface area contributed by atoms with Gasteiger partial charge in [-0.25, -0.2) is 4.52 Å². The van der Waals surface area contributed by atoms with Gasteiger partial charge < -0.3 is 9.64 Å². The number of fused-ring (bicyclic) bond motifs is 1. The smallest absolute Gasteiger partial charge is 0.248 e. The lowest BCUT2D eigenvalue weighted by Gasteiger charge is -2.25. The molecule has 0 N–H and O–H groups in total. The van der Waals surface area contributed by atoms with E-state index in [-0.39, 0.29) is 17.9 Å². The van der Waals surface area contributed by atoms with E-state index in [1.807, 2.05) is 37.7 Å². The van der Waals surface area contributed by atoms with E-state index in [0.29, 0.717) is 6.61 Å². The van der Waals surface area contributed by atoms with Crippen LogP contribution in [0.3, 0.4) is 0 Å². The maximum Gasteiger partial charge on any atom is 0.248 e. The van der Waals surface area contributed by atoms with Crippen molar-refractivity contribution in [3.8, 4) is 0 Å². The van der Waals surface area contributed by atoms with E-state index in [1.54, 1.807) is 14.1 Å². The molecular formula is C18H29N3O2. The highest BCUT2D eigenvalue weighted by atomic mass is 16.5. The number of likely N-dealkylation sites (N-methyl/N-ethyl adjacent to an activating group) is 1. The number of aromatic nitrogens is 2. The Morgan fingerprint density at radius 1 is 1.30 bits per heavy atom. The van der Waals surface area contributed by atoms with Crippen LogP contribution in [0.4, 0.5) is 0 Å². The Morgan fingerprint density at radius 2 is 1.96 bits per heavy atom. The van der Waals surface area contributed by atoms with E-state index in [4.69, 9.17) is 4.74 Å². The Morgan fingerprint density at radius 3 is 2.57 bits per heavy atom. The van der Waals surface area contributed by atoms with Crippen LogP contribution in [-0.2, 0) is 14.9 Å². The van der Waals surface area contributed by atoms with Gasteiger partial charge in [-0.3, -0.25) is 4.79 Å². The number of pyridine rings is 1. The van der Waals surface area contributed by atoms with Crippen molar-refractivity contribution in [2.75, 3.05) is 27.3 Å². The van der Waals surface area contributed by atoms with Gasteiger partial charge in [0.15, 0.2) is 0 Å². The third-order valence-corrected chi connectivity index (χ3v) is 3.68. The Labute approximate surface area is 139 Å². The molecule has 0 aliphatic carbocycles. The quantitative estimate of drug-likeness (QED) is 0.851. The average molecular weight is 319 g/mol. The fraction of sp³-hybridized carbons (Fsp3) is 0.556. The van der Waals surface area contributed by atoms with Crippen molar-refractivity contribution in [3.63, 3.8) is 0 Å². The second-order valence-corrected chi connectivity index (χ2v) is 6.24. The van der Waals surface area contributed by atoms with Crippen LogP contribution >= 0.6 is 0 Å². The van der Waals surface area contributed by atoms with Crippen molar-refractivity contribution < 1.29 is 9.53 Å². The molecule has 2 rings (SSSR count). The first-order valence-electron chi connectivity index (χ1n) is 8.03. The van der Waals surface area contributed by atoms with Crippen molar-refractivity contribution in [1.29, 1.82) is 0 Å². The molecule has 0 saturated heterocycles.